The van der Waals surface area contributed by atoms with Crippen molar-refractivity contribution in [3.63, 3.8) is 0 Å². The first kappa shape index (κ1) is 15.6. The average Bonchev–Trinajstić information content (AvgIpc) is 2.72. The van der Waals surface area contributed by atoms with Crippen LogP contribution in [-0.2, 0) is 27.9 Å². The van der Waals surface area contributed by atoms with E-state index in [1.54, 1.807) is 10.9 Å². The number of carbonyl (C=O) groups excluding carboxylic acids is 1. The van der Waals surface area contributed by atoms with E-state index in [2.05, 4.69) is 22.1 Å². The molecule has 19 heavy (non-hydrogen) atoms. The van der Waals surface area contributed by atoms with E-state index >= 15 is 0 Å². The molecule has 1 aromatic heterocycles. The lowest BCUT2D eigenvalue weighted by Gasteiger charge is -2.11. The zero-order chi connectivity index (χ0) is 14.5. The summed E-state index contributed by atoms with van der Waals surface area (Å²) in [5, 5.41) is 6.80. The number of sulfonamides is 1. The van der Waals surface area contributed by atoms with E-state index in [9.17, 15) is 13.2 Å². The molecule has 7 nitrogen and oxygen atoms in total. The van der Waals surface area contributed by atoms with Gasteiger partial charge in [0.2, 0.25) is 15.9 Å². The van der Waals surface area contributed by atoms with Crippen molar-refractivity contribution in [1.82, 2.24) is 19.8 Å². The molecule has 2 N–H and O–H groups in total. The van der Waals surface area contributed by atoms with Crippen molar-refractivity contribution in [3.05, 3.63) is 18.0 Å². The Labute approximate surface area is 113 Å². The Bertz CT molecular complexity index is 524. The van der Waals surface area contributed by atoms with Gasteiger partial charge in [-0.1, -0.05) is 6.92 Å². The molecule has 0 aliphatic carbocycles. The minimum atomic E-state index is -3.38. The molecular weight excluding hydrogens is 268 g/mol. The van der Waals surface area contributed by atoms with E-state index in [4.69, 9.17) is 0 Å². The SMILES string of the molecule is CCCn1cc(CNC(=O)[C@@H](C)NS(C)(=O)=O)cn1. The summed E-state index contributed by atoms with van der Waals surface area (Å²) in [5.74, 6) is -0.367. The highest BCUT2D eigenvalue weighted by Crippen LogP contribution is 1.98. The van der Waals surface area contributed by atoms with Gasteiger partial charge < -0.3 is 5.32 Å². The van der Waals surface area contributed by atoms with Crippen LogP contribution in [0.4, 0.5) is 0 Å². The van der Waals surface area contributed by atoms with Crippen LogP contribution in [0.5, 0.6) is 0 Å². The number of aryl methyl sites for hydroxylation is 1. The third-order valence-electron chi connectivity index (χ3n) is 2.39. The minimum Gasteiger partial charge on any atom is -0.351 e. The van der Waals surface area contributed by atoms with Gasteiger partial charge in [-0.3, -0.25) is 9.48 Å². The van der Waals surface area contributed by atoms with Crippen LogP contribution in [-0.4, -0.2) is 36.4 Å². The second-order valence-corrected chi connectivity index (χ2v) is 6.22. The van der Waals surface area contributed by atoms with Crippen molar-refractivity contribution >= 4 is 15.9 Å². The smallest absolute Gasteiger partial charge is 0.238 e. The summed E-state index contributed by atoms with van der Waals surface area (Å²) in [7, 11) is -3.38. The van der Waals surface area contributed by atoms with Crippen molar-refractivity contribution in [3.8, 4) is 0 Å². The lowest BCUT2D eigenvalue weighted by atomic mass is 10.3. The summed E-state index contributed by atoms with van der Waals surface area (Å²) in [6.45, 7) is 4.72. The van der Waals surface area contributed by atoms with Crippen LogP contribution < -0.4 is 10.0 Å². The molecule has 8 heteroatoms. The van der Waals surface area contributed by atoms with Crippen LogP contribution in [0.15, 0.2) is 12.4 Å². The first-order valence-corrected chi connectivity index (χ1v) is 7.97. The summed E-state index contributed by atoms with van der Waals surface area (Å²) in [4.78, 5) is 11.7. The van der Waals surface area contributed by atoms with Crippen molar-refractivity contribution in [1.29, 1.82) is 0 Å². The van der Waals surface area contributed by atoms with E-state index in [1.165, 1.54) is 6.92 Å². The van der Waals surface area contributed by atoms with Crippen LogP contribution in [0.1, 0.15) is 25.8 Å². The fourth-order valence-electron chi connectivity index (χ4n) is 1.57. The van der Waals surface area contributed by atoms with Crippen molar-refractivity contribution in [2.24, 2.45) is 0 Å². The molecule has 0 fully saturated rings. The van der Waals surface area contributed by atoms with Crippen LogP contribution in [0.25, 0.3) is 0 Å². The molecular formula is C11H20N4O3S. The van der Waals surface area contributed by atoms with Crippen LogP contribution in [0, 0.1) is 0 Å². The Balaban J connectivity index is 2.44. The van der Waals surface area contributed by atoms with Crippen LogP contribution in [0.2, 0.25) is 0 Å². The van der Waals surface area contributed by atoms with Gasteiger partial charge in [0.25, 0.3) is 0 Å². The van der Waals surface area contributed by atoms with E-state index in [-0.39, 0.29) is 5.91 Å². The highest BCUT2D eigenvalue weighted by Gasteiger charge is 2.16. The quantitative estimate of drug-likeness (QED) is 0.729. The zero-order valence-corrected chi connectivity index (χ0v) is 12.2. The van der Waals surface area contributed by atoms with Gasteiger partial charge in [-0.2, -0.15) is 5.10 Å². The van der Waals surface area contributed by atoms with Gasteiger partial charge in [0.1, 0.15) is 0 Å². The van der Waals surface area contributed by atoms with Crippen LogP contribution in [0.3, 0.4) is 0 Å². The van der Waals surface area contributed by atoms with E-state index in [1.807, 2.05) is 6.20 Å². The second kappa shape index (κ2) is 6.67. The lowest BCUT2D eigenvalue weighted by molar-refractivity contribution is -0.122. The van der Waals surface area contributed by atoms with Crippen molar-refractivity contribution in [2.75, 3.05) is 6.26 Å². The van der Waals surface area contributed by atoms with Gasteiger partial charge in [0.15, 0.2) is 0 Å². The summed E-state index contributed by atoms with van der Waals surface area (Å²) >= 11 is 0. The van der Waals surface area contributed by atoms with Crippen molar-refractivity contribution < 1.29 is 13.2 Å². The molecule has 1 amide bonds. The monoisotopic (exact) mass is 288 g/mol. The number of amides is 1. The van der Waals surface area contributed by atoms with Gasteiger partial charge in [-0.05, 0) is 13.3 Å². The number of rotatable bonds is 7. The predicted molar refractivity (Wildman–Crippen MR) is 71.8 cm³/mol. The summed E-state index contributed by atoms with van der Waals surface area (Å²) in [6.07, 6.45) is 5.55. The van der Waals surface area contributed by atoms with Crippen LogP contribution >= 0.6 is 0 Å². The highest BCUT2D eigenvalue weighted by molar-refractivity contribution is 7.88. The Kier molecular flexibility index (Phi) is 5.49. The second-order valence-electron chi connectivity index (χ2n) is 4.44. The summed E-state index contributed by atoms with van der Waals surface area (Å²) in [5.41, 5.74) is 0.883. The molecule has 1 aromatic rings. The molecule has 0 spiro atoms. The molecule has 0 aliphatic heterocycles. The van der Waals surface area contributed by atoms with Gasteiger partial charge in [0, 0.05) is 24.8 Å². The topological polar surface area (TPSA) is 93.1 Å². The van der Waals surface area contributed by atoms with Gasteiger partial charge in [-0.25, -0.2) is 13.1 Å². The minimum absolute atomic E-state index is 0.332. The number of nitrogens with one attached hydrogen (secondary N) is 2. The molecule has 0 saturated heterocycles. The van der Waals surface area contributed by atoms with Gasteiger partial charge >= 0.3 is 0 Å². The fourth-order valence-corrected chi connectivity index (χ4v) is 2.32. The number of carbonyl (C=O) groups is 1. The van der Waals surface area contributed by atoms with E-state index < -0.39 is 16.1 Å². The Morgan fingerprint density at radius 3 is 2.79 bits per heavy atom. The largest absolute Gasteiger partial charge is 0.351 e. The zero-order valence-electron chi connectivity index (χ0n) is 11.4. The molecule has 1 rings (SSSR count). The summed E-state index contributed by atoms with van der Waals surface area (Å²) in [6, 6.07) is -0.791. The number of hydrogen-bond donors (Lipinski definition) is 2. The number of nitrogens with zero attached hydrogens (tertiary/aromatic N) is 2. The normalized spacial score (nSPS) is 13.2. The number of hydrogen-bond acceptors (Lipinski definition) is 4. The Morgan fingerprint density at radius 1 is 1.53 bits per heavy atom. The molecule has 1 atom stereocenters. The maximum atomic E-state index is 11.7. The molecule has 0 bridgehead atoms. The fraction of sp³-hybridized carbons (Fsp3) is 0.636. The number of aromatic nitrogens is 2. The maximum absolute atomic E-state index is 11.7. The standard InChI is InChI=1S/C11H20N4O3S/c1-4-5-15-8-10(7-13-15)6-12-11(16)9(2)14-19(3,17)18/h7-9,14H,4-6H2,1-3H3,(H,12,16)/t9-/m1/s1. The molecule has 1 heterocycles. The molecule has 0 unspecified atom stereocenters. The maximum Gasteiger partial charge on any atom is 0.238 e. The van der Waals surface area contributed by atoms with Gasteiger partial charge in [-0.15, -0.1) is 0 Å². The first-order valence-electron chi connectivity index (χ1n) is 6.08. The molecule has 0 aromatic carbocycles. The molecule has 0 radical (unpaired) electrons. The average molecular weight is 288 g/mol. The lowest BCUT2D eigenvalue weighted by Crippen LogP contribution is -2.44. The van der Waals surface area contributed by atoms with Gasteiger partial charge in [0.05, 0.1) is 18.5 Å². The van der Waals surface area contributed by atoms with E-state index in [0.717, 1.165) is 24.8 Å². The van der Waals surface area contributed by atoms with Crippen molar-refractivity contribution in [2.45, 2.75) is 39.4 Å². The molecule has 108 valence electrons. The molecule has 0 saturated carbocycles. The Hall–Kier alpha value is -1.41. The molecule has 0 aliphatic rings. The summed E-state index contributed by atoms with van der Waals surface area (Å²) < 4.78 is 26.0. The highest BCUT2D eigenvalue weighted by atomic mass is 32.2. The third-order valence-corrected chi connectivity index (χ3v) is 3.17. The third kappa shape index (κ3) is 5.84. The van der Waals surface area contributed by atoms with E-state index in [0.29, 0.717) is 6.54 Å². The Morgan fingerprint density at radius 2 is 2.21 bits per heavy atom. The predicted octanol–water partition coefficient (Wildman–Crippen LogP) is -0.153. The first-order chi connectivity index (χ1) is 8.81.